The van der Waals surface area contributed by atoms with Crippen LogP contribution in [0.1, 0.15) is 50.7 Å². The van der Waals surface area contributed by atoms with Crippen LogP contribution in [-0.4, -0.2) is 18.7 Å². The molecule has 116 valence electrons. The summed E-state index contributed by atoms with van der Waals surface area (Å²) in [6.45, 7) is 4.02. The zero-order valence-electron chi connectivity index (χ0n) is 12.5. The quantitative estimate of drug-likeness (QED) is 0.837. The van der Waals surface area contributed by atoms with Crippen LogP contribution < -0.4 is 5.32 Å². The summed E-state index contributed by atoms with van der Waals surface area (Å²) in [5.74, 6) is 0.643. The molecule has 1 N–H and O–H groups in total. The molecule has 2 aliphatic rings. The van der Waals surface area contributed by atoms with E-state index in [9.17, 15) is 4.39 Å². The predicted molar refractivity (Wildman–Crippen MR) is 85.8 cm³/mol. The molecule has 1 heterocycles. The third-order valence-electron chi connectivity index (χ3n) is 5.07. The van der Waals surface area contributed by atoms with Gasteiger partial charge in [-0.25, -0.2) is 4.39 Å². The molecule has 1 unspecified atom stereocenters. The minimum atomic E-state index is -0.215. The van der Waals surface area contributed by atoms with Crippen molar-refractivity contribution in [1.82, 2.24) is 5.32 Å². The van der Waals surface area contributed by atoms with Crippen LogP contribution in [0.4, 0.5) is 4.39 Å². The molecule has 1 spiro atoms. The molecule has 1 saturated carbocycles. The highest BCUT2D eigenvalue weighted by Gasteiger charge is 2.40. The first kappa shape index (κ1) is 15.4. The van der Waals surface area contributed by atoms with Crippen LogP contribution in [-0.2, 0) is 4.74 Å². The number of rotatable bonds is 2. The van der Waals surface area contributed by atoms with Gasteiger partial charge in [-0.1, -0.05) is 35.3 Å². The molecule has 1 aliphatic heterocycles. The van der Waals surface area contributed by atoms with Gasteiger partial charge in [0.15, 0.2) is 0 Å². The number of halogens is 2. The van der Waals surface area contributed by atoms with E-state index in [2.05, 4.69) is 28.2 Å². The smallest absolute Gasteiger partial charge is 0.124 e. The van der Waals surface area contributed by atoms with Crippen molar-refractivity contribution in [2.24, 2.45) is 5.92 Å². The Morgan fingerprint density at radius 1 is 1.38 bits per heavy atom. The highest BCUT2D eigenvalue weighted by molar-refractivity contribution is 9.10. The van der Waals surface area contributed by atoms with Crippen LogP contribution >= 0.6 is 15.9 Å². The van der Waals surface area contributed by atoms with Gasteiger partial charge in [0.1, 0.15) is 5.82 Å². The number of ether oxygens (including phenoxy) is 1. The fraction of sp³-hybridized carbons (Fsp3) is 0.647. The molecule has 4 heteroatoms. The molecule has 2 nitrogen and oxygen atoms in total. The summed E-state index contributed by atoms with van der Waals surface area (Å²) in [6, 6.07) is 4.87. The fourth-order valence-electron chi connectivity index (χ4n) is 3.66. The zero-order chi connectivity index (χ0) is 14.9. The summed E-state index contributed by atoms with van der Waals surface area (Å²) < 4.78 is 20.6. The average Bonchev–Trinajstić information content (AvgIpc) is 2.48. The van der Waals surface area contributed by atoms with Gasteiger partial charge in [0.25, 0.3) is 0 Å². The number of benzene rings is 1. The number of hydrogen-bond donors (Lipinski definition) is 1. The lowest BCUT2D eigenvalue weighted by atomic mass is 9.77. The van der Waals surface area contributed by atoms with E-state index in [1.54, 1.807) is 0 Å². The first-order valence-electron chi connectivity index (χ1n) is 7.95. The average molecular weight is 356 g/mol. The van der Waals surface area contributed by atoms with Crippen LogP contribution in [0.2, 0.25) is 0 Å². The molecule has 0 aromatic heterocycles. The third-order valence-corrected chi connectivity index (χ3v) is 5.76. The molecule has 1 atom stereocenters. The van der Waals surface area contributed by atoms with Crippen molar-refractivity contribution in [3.8, 4) is 0 Å². The van der Waals surface area contributed by atoms with E-state index in [0.717, 1.165) is 41.9 Å². The summed E-state index contributed by atoms with van der Waals surface area (Å²) >= 11 is 3.47. The number of morpholine rings is 1. The minimum Gasteiger partial charge on any atom is -0.364 e. The third kappa shape index (κ3) is 3.33. The lowest BCUT2D eigenvalue weighted by Crippen LogP contribution is -2.52. The fourth-order valence-corrected chi connectivity index (χ4v) is 4.26. The Morgan fingerprint density at radius 3 is 2.81 bits per heavy atom. The van der Waals surface area contributed by atoms with Gasteiger partial charge in [0.05, 0.1) is 11.7 Å². The summed E-state index contributed by atoms with van der Waals surface area (Å²) in [5, 5.41) is 3.53. The highest BCUT2D eigenvalue weighted by atomic mass is 79.9. The normalized spacial score (nSPS) is 33.3. The summed E-state index contributed by atoms with van der Waals surface area (Å²) in [5.41, 5.74) is 1.02. The van der Waals surface area contributed by atoms with Gasteiger partial charge < -0.3 is 10.1 Å². The Kier molecular flexibility index (Phi) is 4.67. The molecule has 0 radical (unpaired) electrons. The van der Waals surface area contributed by atoms with E-state index in [1.807, 2.05) is 6.07 Å². The Morgan fingerprint density at radius 2 is 2.14 bits per heavy atom. The predicted octanol–water partition coefficient (Wildman–Crippen LogP) is 4.59. The second-order valence-electron chi connectivity index (χ2n) is 6.44. The van der Waals surface area contributed by atoms with Crippen LogP contribution in [0.25, 0.3) is 0 Å². The first-order chi connectivity index (χ1) is 10.1. The molecule has 21 heavy (non-hydrogen) atoms. The standard InChI is InChI=1S/C17H23BrFNO/c1-2-12-5-7-17(8-6-12)11-20-10-16(21-17)14-4-3-13(19)9-15(14)18/h3-4,9,12,16,20H,2,5-8,10-11H2,1H3. The van der Waals surface area contributed by atoms with E-state index < -0.39 is 0 Å². The Hall–Kier alpha value is -0.450. The van der Waals surface area contributed by atoms with Crippen molar-refractivity contribution >= 4 is 15.9 Å². The van der Waals surface area contributed by atoms with Crippen LogP contribution in [0.3, 0.4) is 0 Å². The van der Waals surface area contributed by atoms with E-state index in [0.29, 0.717) is 0 Å². The Balaban J connectivity index is 1.74. The molecule has 0 amide bonds. The van der Waals surface area contributed by atoms with Gasteiger partial charge in [-0.2, -0.15) is 0 Å². The lowest BCUT2D eigenvalue weighted by Gasteiger charge is -2.46. The number of hydrogen-bond acceptors (Lipinski definition) is 2. The zero-order valence-corrected chi connectivity index (χ0v) is 14.1. The second-order valence-corrected chi connectivity index (χ2v) is 7.29. The van der Waals surface area contributed by atoms with Gasteiger partial charge in [-0.15, -0.1) is 0 Å². The second kappa shape index (κ2) is 6.35. The molecule has 1 aromatic rings. The molecule has 2 fully saturated rings. The lowest BCUT2D eigenvalue weighted by molar-refractivity contribution is -0.141. The monoisotopic (exact) mass is 355 g/mol. The van der Waals surface area contributed by atoms with Crippen molar-refractivity contribution < 1.29 is 9.13 Å². The first-order valence-corrected chi connectivity index (χ1v) is 8.75. The van der Waals surface area contributed by atoms with Gasteiger partial charge >= 0.3 is 0 Å². The van der Waals surface area contributed by atoms with Crippen molar-refractivity contribution in [1.29, 1.82) is 0 Å². The van der Waals surface area contributed by atoms with Gasteiger partial charge in [0.2, 0.25) is 0 Å². The Bertz CT molecular complexity index is 500. The van der Waals surface area contributed by atoms with Crippen LogP contribution in [0.15, 0.2) is 22.7 Å². The molecule has 0 bridgehead atoms. The van der Waals surface area contributed by atoms with E-state index in [1.165, 1.54) is 31.4 Å². The summed E-state index contributed by atoms with van der Waals surface area (Å²) in [7, 11) is 0. The van der Waals surface area contributed by atoms with Crippen molar-refractivity contribution in [3.05, 3.63) is 34.1 Å². The van der Waals surface area contributed by atoms with Gasteiger partial charge in [-0.3, -0.25) is 0 Å². The molecule has 1 aliphatic carbocycles. The summed E-state index contributed by atoms with van der Waals surface area (Å²) in [4.78, 5) is 0. The van der Waals surface area contributed by atoms with Gasteiger partial charge in [0, 0.05) is 17.6 Å². The maximum absolute atomic E-state index is 13.3. The topological polar surface area (TPSA) is 21.3 Å². The molecule has 1 saturated heterocycles. The molecular formula is C17H23BrFNO. The van der Waals surface area contributed by atoms with E-state index in [-0.39, 0.29) is 17.5 Å². The molecular weight excluding hydrogens is 333 g/mol. The largest absolute Gasteiger partial charge is 0.364 e. The maximum Gasteiger partial charge on any atom is 0.124 e. The summed E-state index contributed by atoms with van der Waals surface area (Å²) in [6.07, 6.45) is 6.06. The van der Waals surface area contributed by atoms with Gasteiger partial charge in [-0.05, 0) is 49.3 Å². The molecule has 1 aromatic carbocycles. The Labute approximate surface area is 134 Å². The minimum absolute atomic E-state index is 0.00639. The maximum atomic E-state index is 13.3. The van der Waals surface area contributed by atoms with Crippen molar-refractivity contribution in [2.75, 3.05) is 13.1 Å². The highest BCUT2D eigenvalue weighted by Crippen LogP contribution is 2.41. The van der Waals surface area contributed by atoms with Crippen LogP contribution in [0.5, 0.6) is 0 Å². The van der Waals surface area contributed by atoms with E-state index >= 15 is 0 Å². The van der Waals surface area contributed by atoms with Crippen LogP contribution in [0, 0.1) is 11.7 Å². The van der Waals surface area contributed by atoms with E-state index in [4.69, 9.17) is 4.74 Å². The SMILES string of the molecule is CCC1CCC2(CC1)CNCC(c1ccc(F)cc1Br)O2. The van der Waals surface area contributed by atoms with Crippen molar-refractivity contribution in [3.63, 3.8) is 0 Å². The van der Waals surface area contributed by atoms with Crippen molar-refractivity contribution in [2.45, 2.75) is 50.7 Å². The number of nitrogens with one attached hydrogen (secondary N) is 1. The molecule has 3 rings (SSSR count).